The van der Waals surface area contributed by atoms with Crippen LogP contribution < -0.4 is 5.73 Å². The molecule has 0 aromatic carbocycles. The van der Waals surface area contributed by atoms with E-state index >= 15 is 0 Å². The third-order valence-corrected chi connectivity index (χ3v) is 2.88. The summed E-state index contributed by atoms with van der Waals surface area (Å²) in [6, 6.07) is 0.0143. The normalized spacial score (nSPS) is 16.8. The second-order valence-electron chi connectivity index (χ2n) is 4.22. The molecule has 0 aliphatic rings. The van der Waals surface area contributed by atoms with Crippen molar-refractivity contribution in [2.45, 2.75) is 58.6 Å². The molecular weight excluding hydrogens is 218 g/mol. The van der Waals surface area contributed by atoms with Gasteiger partial charge in [0.05, 0.1) is 5.92 Å². The molecule has 3 unspecified atom stereocenters. The fraction of sp³-hybridized carbons (Fsp3) is 0.833. The van der Waals surface area contributed by atoms with Gasteiger partial charge in [0.25, 0.3) is 0 Å². The van der Waals surface area contributed by atoms with Gasteiger partial charge in [0.2, 0.25) is 11.7 Å². The van der Waals surface area contributed by atoms with Gasteiger partial charge in [-0.1, -0.05) is 19.0 Å². The third kappa shape index (κ3) is 3.51. The Bertz CT molecular complexity index is 325. The summed E-state index contributed by atoms with van der Waals surface area (Å²) in [5.41, 5.74) is 5.90. The molecule has 0 amide bonds. The molecule has 0 saturated heterocycles. The SMILES string of the molecule is CCOC(CC)c1noc(C(CC)C(C)N)n1. The van der Waals surface area contributed by atoms with Crippen LogP contribution in [0.1, 0.15) is 64.3 Å². The van der Waals surface area contributed by atoms with Gasteiger partial charge in [-0.15, -0.1) is 0 Å². The molecule has 0 bridgehead atoms. The van der Waals surface area contributed by atoms with Crippen molar-refractivity contribution < 1.29 is 9.26 Å². The molecule has 0 radical (unpaired) electrons. The summed E-state index contributed by atoms with van der Waals surface area (Å²) in [4.78, 5) is 4.41. The van der Waals surface area contributed by atoms with Gasteiger partial charge >= 0.3 is 0 Å². The molecule has 0 saturated carbocycles. The molecule has 0 fully saturated rings. The van der Waals surface area contributed by atoms with Crippen LogP contribution in [0, 0.1) is 0 Å². The Hall–Kier alpha value is -0.940. The molecule has 0 aliphatic carbocycles. The Labute approximate surface area is 103 Å². The topological polar surface area (TPSA) is 74.2 Å². The lowest BCUT2D eigenvalue weighted by Gasteiger charge is -2.13. The number of nitrogens with two attached hydrogens (primary N) is 1. The van der Waals surface area contributed by atoms with E-state index in [-0.39, 0.29) is 18.1 Å². The summed E-state index contributed by atoms with van der Waals surface area (Å²) in [6.07, 6.45) is 1.65. The van der Waals surface area contributed by atoms with Gasteiger partial charge in [-0.3, -0.25) is 0 Å². The lowest BCUT2D eigenvalue weighted by Crippen LogP contribution is -2.24. The van der Waals surface area contributed by atoms with Gasteiger partial charge < -0.3 is 15.0 Å². The van der Waals surface area contributed by atoms with E-state index in [9.17, 15) is 0 Å². The molecule has 98 valence electrons. The van der Waals surface area contributed by atoms with Crippen molar-refractivity contribution in [3.05, 3.63) is 11.7 Å². The van der Waals surface area contributed by atoms with Gasteiger partial charge in [-0.2, -0.15) is 4.98 Å². The largest absolute Gasteiger partial charge is 0.370 e. The summed E-state index contributed by atoms with van der Waals surface area (Å²) >= 11 is 0. The lowest BCUT2D eigenvalue weighted by atomic mass is 9.99. The van der Waals surface area contributed by atoms with Crippen LogP contribution in [0.4, 0.5) is 0 Å². The van der Waals surface area contributed by atoms with Gasteiger partial charge in [0.15, 0.2) is 0 Å². The first-order valence-electron chi connectivity index (χ1n) is 6.34. The number of hydrogen-bond donors (Lipinski definition) is 1. The molecule has 5 heteroatoms. The van der Waals surface area contributed by atoms with E-state index in [0.717, 1.165) is 12.8 Å². The highest BCUT2D eigenvalue weighted by atomic mass is 16.5. The molecule has 1 aromatic heterocycles. The maximum Gasteiger partial charge on any atom is 0.231 e. The Balaban J connectivity index is 2.82. The Kier molecular flexibility index (Phi) is 5.58. The van der Waals surface area contributed by atoms with E-state index in [1.807, 2.05) is 20.8 Å². The highest BCUT2D eigenvalue weighted by Crippen LogP contribution is 2.24. The number of aromatic nitrogens is 2. The van der Waals surface area contributed by atoms with Gasteiger partial charge in [-0.25, -0.2) is 0 Å². The number of hydrogen-bond acceptors (Lipinski definition) is 5. The molecular formula is C12H23N3O2. The van der Waals surface area contributed by atoms with Crippen LogP contribution in [0.2, 0.25) is 0 Å². The van der Waals surface area contributed by atoms with E-state index in [4.69, 9.17) is 15.0 Å². The Morgan fingerprint density at radius 2 is 2.00 bits per heavy atom. The second-order valence-corrected chi connectivity index (χ2v) is 4.22. The summed E-state index contributed by atoms with van der Waals surface area (Å²) in [5.74, 6) is 1.37. The third-order valence-electron chi connectivity index (χ3n) is 2.88. The van der Waals surface area contributed by atoms with Crippen LogP contribution in [0.15, 0.2) is 4.52 Å². The Morgan fingerprint density at radius 3 is 2.47 bits per heavy atom. The molecule has 5 nitrogen and oxygen atoms in total. The van der Waals surface area contributed by atoms with Crippen molar-refractivity contribution in [3.63, 3.8) is 0 Å². The average Bonchev–Trinajstić information content (AvgIpc) is 2.75. The monoisotopic (exact) mass is 241 g/mol. The molecule has 1 aromatic rings. The van der Waals surface area contributed by atoms with Gasteiger partial charge in [0.1, 0.15) is 6.10 Å². The van der Waals surface area contributed by atoms with Gasteiger partial charge in [0, 0.05) is 12.6 Å². The van der Waals surface area contributed by atoms with Gasteiger partial charge in [-0.05, 0) is 26.7 Å². The number of rotatable bonds is 7. The zero-order valence-corrected chi connectivity index (χ0v) is 11.1. The Morgan fingerprint density at radius 1 is 1.29 bits per heavy atom. The summed E-state index contributed by atoms with van der Waals surface area (Å²) in [6.45, 7) is 8.67. The zero-order chi connectivity index (χ0) is 12.8. The van der Waals surface area contributed by atoms with E-state index in [0.29, 0.717) is 18.3 Å². The maximum atomic E-state index is 5.90. The van der Waals surface area contributed by atoms with Crippen LogP contribution in [-0.2, 0) is 4.74 Å². The van der Waals surface area contributed by atoms with E-state index < -0.39 is 0 Å². The molecule has 17 heavy (non-hydrogen) atoms. The standard InChI is InChI=1S/C12H23N3O2/c1-5-9(8(4)13)12-14-11(15-17-12)10(6-2)16-7-3/h8-10H,5-7,13H2,1-4H3. The lowest BCUT2D eigenvalue weighted by molar-refractivity contribution is 0.0518. The molecule has 0 spiro atoms. The second kappa shape index (κ2) is 6.71. The molecule has 1 rings (SSSR count). The quantitative estimate of drug-likeness (QED) is 0.793. The number of ether oxygens (including phenoxy) is 1. The maximum absolute atomic E-state index is 5.90. The minimum Gasteiger partial charge on any atom is -0.370 e. The zero-order valence-electron chi connectivity index (χ0n) is 11.1. The van der Waals surface area contributed by atoms with Crippen LogP contribution in [0.25, 0.3) is 0 Å². The van der Waals surface area contributed by atoms with Crippen molar-refractivity contribution in [2.75, 3.05) is 6.61 Å². The van der Waals surface area contributed by atoms with Crippen molar-refractivity contribution in [3.8, 4) is 0 Å². The first kappa shape index (κ1) is 14.1. The first-order chi connectivity index (χ1) is 8.13. The number of nitrogens with zero attached hydrogens (tertiary/aromatic N) is 2. The van der Waals surface area contributed by atoms with Crippen molar-refractivity contribution in [2.24, 2.45) is 5.73 Å². The first-order valence-corrected chi connectivity index (χ1v) is 6.34. The highest BCUT2D eigenvalue weighted by molar-refractivity contribution is 4.99. The van der Waals surface area contributed by atoms with Crippen LogP contribution in [0.5, 0.6) is 0 Å². The minimum absolute atomic E-state index is 0.0143. The van der Waals surface area contributed by atoms with E-state index in [1.165, 1.54) is 0 Å². The van der Waals surface area contributed by atoms with Crippen LogP contribution in [-0.4, -0.2) is 22.8 Å². The summed E-state index contributed by atoms with van der Waals surface area (Å²) < 4.78 is 10.8. The smallest absolute Gasteiger partial charge is 0.231 e. The molecule has 0 aliphatic heterocycles. The fourth-order valence-corrected chi connectivity index (χ4v) is 1.88. The minimum atomic E-state index is -0.0805. The van der Waals surface area contributed by atoms with E-state index in [1.54, 1.807) is 0 Å². The van der Waals surface area contributed by atoms with E-state index in [2.05, 4.69) is 17.1 Å². The summed E-state index contributed by atoms with van der Waals surface area (Å²) in [5, 5.41) is 3.99. The van der Waals surface area contributed by atoms with Crippen molar-refractivity contribution in [1.82, 2.24) is 10.1 Å². The predicted molar refractivity (Wildman–Crippen MR) is 65.6 cm³/mol. The summed E-state index contributed by atoms with van der Waals surface area (Å²) in [7, 11) is 0. The van der Waals surface area contributed by atoms with Crippen LogP contribution >= 0.6 is 0 Å². The molecule has 1 heterocycles. The van der Waals surface area contributed by atoms with Crippen LogP contribution in [0.3, 0.4) is 0 Å². The predicted octanol–water partition coefficient (Wildman–Crippen LogP) is 2.40. The van der Waals surface area contributed by atoms with Crippen molar-refractivity contribution >= 4 is 0 Å². The highest BCUT2D eigenvalue weighted by Gasteiger charge is 2.23. The molecule has 3 atom stereocenters. The fourth-order valence-electron chi connectivity index (χ4n) is 1.88. The molecule has 2 N–H and O–H groups in total. The average molecular weight is 241 g/mol. The van der Waals surface area contributed by atoms with Crippen molar-refractivity contribution in [1.29, 1.82) is 0 Å².